The largest absolute Gasteiger partial charge is 0.339 e. The Balaban J connectivity index is 1.79. The molecule has 0 radical (unpaired) electrons. The number of fused-ring (bicyclic) bond motifs is 1. The summed E-state index contributed by atoms with van der Waals surface area (Å²) in [5, 5.41) is 19.2. The fourth-order valence-corrected chi connectivity index (χ4v) is 4.80. The molecule has 2 aliphatic rings. The maximum atomic E-state index is 12.7. The Labute approximate surface area is 192 Å². The number of hydrogen-bond acceptors (Lipinski definition) is 9. The average molecular weight is 468 g/mol. The Morgan fingerprint density at radius 2 is 2.03 bits per heavy atom. The molecular formula is C22H25N7O3S. The summed E-state index contributed by atoms with van der Waals surface area (Å²) in [5.41, 5.74) is 1.67. The number of para-hydroxylation sites is 2. The van der Waals surface area contributed by atoms with E-state index in [0.29, 0.717) is 25.2 Å². The van der Waals surface area contributed by atoms with E-state index in [4.69, 9.17) is 0 Å². The molecule has 10 nitrogen and oxygen atoms in total. The average Bonchev–Trinajstić information content (AvgIpc) is 3.17. The number of allylic oxidation sites excluding steroid dienone is 1. The van der Waals surface area contributed by atoms with Gasteiger partial charge in [-0.25, -0.2) is 18.4 Å². The van der Waals surface area contributed by atoms with Crippen molar-refractivity contribution < 1.29 is 13.2 Å². The lowest BCUT2D eigenvalue weighted by Gasteiger charge is -2.22. The fourth-order valence-electron chi connectivity index (χ4n) is 4.05. The molecule has 0 spiro atoms. The van der Waals surface area contributed by atoms with Gasteiger partial charge >= 0.3 is 0 Å². The van der Waals surface area contributed by atoms with E-state index >= 15 is 0 Å². The highest BCUT2D eigenvalue weighted by molar-refractivity contribution is 7.90. The highest BCUT2D eigenvalue weighted by Crippen LogP contribution is 2.39. The molecule has 1 amide bonds. The number of piperidine rings is 1. The fraction of sp³-hybridized carbons (Fsp3) is 0.364. The van der Waals surface area contributed by atoms with Gasteiger partial charge < -0.3 is 15.5 Å². The van der Waals surface area contributed by atoms with E-state index in [2.05, 4.69) is 32.0 Å². The number of amides is 1. The maximum absolute atomic E-state index is 12.7. The van der Waals surface area contributed by atoms with Gasteiger partial charge in [-0.05, 0) is 45.0 Å². The molecule has 11 heteroatoms. The number of nitriles is 1. The summed E-state index contributed by atoms with van der Waals surface area (Å²) >= 11 is 0. The van der Waals surface area contributed by atoms with Crippen LogP contribution >= 0.6 is 0 Å². The van der Waals surface area contributed by atoms with Crippen molar-refractivity contribution in [3.63, 3.8) is 0 Å². The van der Waals surface area contributed by atoms with Crippen LogP contribution in [0.1, 0.15) is 25.5 Å². The Morgan fingerprint density at radius 3 is 2.70 bits per heavy atom. The van der Waals surface area contributed by atoms with Crippen LogP contribution in [0, 0.1) is 17.2 Å². The minimum absolute atomic E-state index is 0.0344. The van der Waals surface area contributed by atoms with Crippen molar-refractivity contribution in [3.05, 3.63) is 42.0 Å². The van der Waals surface area contributed by atoms with Gasteiger partial charge in [0, 0.05) is 18.7 Å². The zero-order valence-corrected chi connectivity index (χ0v) is 19.2. The first kappa shape index (κ1) is 22.7. The second-order valence-electron chi connectivity index (χ2n) is 7.91. The van der Waals surface area contributed by atoms with Crippen LogP contribution in [0.25, 0.3) is 5.57 Å². The van der Waals surface area contributed by atoms with Gasteiger partial charge in [0.25, 0.3) is 0 Å². The molecule has 2 aromatic rings. The quantitative estimate of drug-likeness (QED) is 0.563. The predicted octanol–water partition coefficient (Wildman–Crippen LogP) is 1.96. The lowest BCUT2D eigenvalue weighted by molar-refractivity contribution is -0.120. The zero-order chi connectivity index (χ0) is 23.6. The van der Waals surface area contributed by atoms with E-state index < -0.39 is 9.84 Å². The Bertz CT molecular complexity index is 1260. The van der Waals surface area contributed by atoms with Crippen LogP contribution in [-0.2, 0) is 14.6 Å². The first-order chi connectivity index (χ1) is 15.8. The van der Waals surface area contributed by atoms with E-state index in [1.54, 1.807) is 0 Å². The molecule has 0 bridgehead atoms. The van der Waals surface area contributed by atoms with E-state index in [1.165, 1.54) is 0 Å². The summed E-state index contributed by atoms with van der Waals surface area (Å²) in [6.45, 7) is 3.98. The number of nitrogens with one attached hydrogen (secondary N) is 3. The third-order valence-electron chi connectivity index (χ3n) is 5.72. The number of anilines is 3. The van der Waals surface area contributed by atoms with E-state index in [-0.39, 0.29) is 33.9 Å². The van der Waals surface area contributed by atoms with Crippen molar-refractivity contribution in [2.75, 3.05) is 41.4 Å². The molecule has 0 unspecified atom stereocenters. The lowest BCUT2D eigenvalue weighted by Crippen LogP contribution is -2.35. The van der Waals surface area contributed by atoms with Crippen molar-refractivity contribution in [3.8, 4) is 6.07 Å². The maximum Gasteiger partial charge on any atom is 0.230 e. The molecule has 0 atom stereocenters. The van der Waals surface area contributed by atoms with Crippen molar-refractivity contribution in [1.82, 2.24) is 15.3 Å². The highest BCUT2D eigenvalue weighted by atomic mass is 32.2. The van der Waals surface area contributed by atoms with Crippen molar-refractivity contribution in [2.24, 2.45) is 5.92 Å². The third-order valence-corrected chi connectivity index (χ3v) is 6.82. The van der Waals surface area contributed by atoms with Crippen molar-refractivity contribution in [2.45, 2.75) is 24.7 Å². The standard InChI is InChI=1S/C22H25N7O3S/c1-3-29-17-7-5-4-6-16(17)26-20(29)15(12-23)19-18(33(2,31)32)13-25-22(27-19)28-21(30)14-8-10-24-11-9-14/h4-7,13-14,24,26H,3,8-11H2,1-2H3,(H,25,27,28,30)/b20-15+. The van der Waals surface area contributed by atoms with Crippen LogP contribution in [-0.4, -0.2) is 50.2 Å². The van der Waals surface area contributed by atoms with Crippen LogP contribution in [0.2, 0.25) is 0 Å². The molecule has 3 N–H and O–H groups in total. The van der Waals surface area contributed by atoms with Crippen LogP contribution < -0.4 is 20.9 Å². The molecular weight excluding hydrogens is 442 g/mol. The molecule has 3 heterocycles. The Kier molecular flexibility index (Phi) is 6.31. The number of hydrogen-bond donors (Lipinski definition) is 3. The molecule has 0 saturated carbocycles. The molecule has 33 heavy (non-hydrogen) atoms. The number of carbonyl (C=O) groups excluding carboxylic acids is 1. The van der Waals surface area contributed by atoms with Crippen LogP contribution in [0.4, 0.5) is 17.3 Å². The number of benzene rings is 1. The van der Waals surface area contributed by atoms with Gasteiger partial charge in [0.05, 0.1) is 17.6 Å². The number of nitrogens with zero attached hydrogens (tertiary/aromatic N) is 4. The summed E-state index contributed by atoms with van der Waals surface area (Å²) < 4.78 is 25.0. The summed E-state index contributed by atoms with van der Waals surface area (Å²) in [5.74, 6) is -0.00108. The molecule has 1 fully saturated rings. The van der Waals surface area contributed by atoms with Gasteiger partial charge in [-0.3, -0.25) is 10.1 Å². The molecule has 1 aromatic carbocycles. The van der Waals surface area contributed by atoms with Crippen molar-refractivity contribution >= 4 is 38.6 Å². The third kappa shape index (κ3) is 4.53. The SMILES string of the molecule is CCN1/C(=C(\C#N)c2nc(NC(=O)C3CCNCC3)ncc2S(C)(=O)=O)Nc2ccccc21. The summed E-state index contributed by atoms with van der Waals surface area (Å²) in [4.78, 5) is 22.8. The van der Waals surface area contributed by atoms with Gasteiger partial charge in [-0.15, -0.1) is 0 Å². The van der Waals surface area contributed by atoms with E-state index in [1.807, 2.05) is 36.1 Å². The highest BCUT2D eigenvalue weighted by Gasteiger charge is 2.30. The Hall–Kier alpha value is -3.49. The summed E-state index contributed by atoms with van der Waals surface area (Å²) in [7, 11) is -3.75. The monoisotopic (exact) mass is 467 g/mol. The molecule has 172 valence electrons. The number of carbonyl (C=O) groups is 1. The topological polar surface area (TPSA) is 140 Å². The minimum Gasteiger partial charge on any atom is -0.339 e. The normalized spacial score (nSPS) is 17.7. The lowest BCUT2D eigenvalue weighted by atomic mass is 9.97. The van der Waals surface area contributed by atoms with Gasteiger partial charge in [-0.1, -0.05) is 12.1 Å². The van der Waals surface area contributed by atoms with Gasteiger partial charge in [0.1, 0.15) is 28.1 Å². The Morgan fingerprint density at radius 1 is 1.30 bits per heavy atom. The van der Waals surface area contributed by atoms with Crippen LogP contribution in [0.15, 0.2) is 41.2 Å². The first-order valence-electron chi connectivity index (χ1n) is 10.7. The first-order valence-corrected chi connectivity index (χ1v) is 12.6. The molecule has 1 aromatic heterocycles. The molecule has 4 rings (SSSR count). The van der Waals surface area contributed by atoms with E-state index in [9.17, 15) is 18.5 Å². The summed E-state index contributed by atoms with van der Waals surface area (Å²) in [6.07, 6.45) is 3.57. The zero-order valence-electron chi connectivity index (χ0n) is 18.4. The smallest absolute Gasteiger partial charge is 0.230 e. The number of rotatable bonds is 5. The number of aromatic nitrogens is 2. The second kappa shape index (κ2) is 9.17. The van der Waals surface area contributed by atoms with Gasteiger partial charge in [-0.2, -0.15) is 5.26 Å². The molecule has 0 aliphatic carbocycles. The van der Waals surface area contributed by atoms with Gasteiger partial charge in [0.2, 0.25) is 11.9 Å². The van der Waals surface area contributed by atoms with Crippen LogP contribution in [0.5, 0.6) is 0 Å². The second-order valence-corrected chi connectivity index (χ2v) is 9.90. The number of sulfone groups is 1. The molecule has 2 aliphatic heterocycles. The minimum atomic E-state index is -3.75. The van der Waals surface area contributed by atoms with Crippen molar-refractivity contribution in [1.29, 1.82) is 5.26 Å². The van der Waals surface area contributed by atoms with Crippen LogP contribution in [0.3, 0.4) is 0 Å². The molecule has 1 saturated heterocycles. The predicted molar refractivity (Wildman–Crippen MR) is 125 cm³/mol. The van der Waals surface area contributed by atoms with Gasteiger partial charge in [0.15, 0.2) is 9.84 Å². The van der Waals surface area contributed by atoms with E-state index in [0.717, 1.165) is 36.9 Å². The summed E-state index contributed by atoms with van der Waals surface area (Å²) in [6, 6.07) is 9.66.